The molecule has 0 fully saturated rings. The van der Waals surface area contributed by atoms with E-state index in [4.69, 9.17) is 26.4 Å². The third kappa shape index (κ3) is 8.43. The van der Waals surface area contributed by atoms with Gasteiger partial charge in [-0.1, -0.05) is 50.5 Å². The van der Waals surface area contributed by atoms with Crippen LogP contribution in [0.1, 0.15) is 43.0 Å². The average molecular weight is 460 g/mol. The summed E-state index contributed by atoms with van der Waals surface area (Å²) in [5, 5.41) is 2.46. The Kier molecular flexibility index (Phi) is 10.8. The number of hydrazine groups is 1. The molecule has 0 heterocycles. The molecule has 9 heteroatoms. The van der Waals surface area contributed by atoms with Crippen LogP contribution in [0.3, 0.4) is 0 Å². The number of carbonyl (C=O) groups is 2. The lowest BCUT2D eigenvalue weighted by molar-refractivity contribution is -0.123. The number of rotatable bonds is 11. The van der Waals surface area contributed by atoms with E-state index in [1.54, 1.807) is 48.5 Å². The van der Waals surface area contributed by atoms with Crippen molar-refractivity contribution >= 4 is 29.1 Å². The predicted octanol–water partition coefficient (Wildman–Crippen LogP) is 3.37. The van der Waals surface area contributed by atoms with E-state index in [0.29, 0.717) is 29.4 Å². The fraction of sp³-hybridized carbons (Fsp3) is 0.348. The number of thiocarbonyl (C=S) groups is 1. The van der Waals surface area contributed by atoms with E-state index in [1.807, 2.05) is 0 Å². The van der Waals surface area contributed by atoms with Gasteiger partial charge in [0.15, 0.2) is 23.2 Å². The van der Waals surface area contributed by atoms with Gasteiger partial charge in [-0.15, -0.1) is 0 Å². The Morgan fingerprint density at radius 3 is 2.28 bits per heavy atom. The van der Waals surface area contributed by atoms with Gasteiger partial charge in [-0.05, 0) is 42.9 Å². The molecule has 172 valence electrons. The van der Waals surface area contributed by atoms with Gasteiger partial charge >= 0.3 is 0 Å². The molecule has 8 nitrogen and oxygen atoms in total. The summed E-state index contributed by atoms with van der Waals surface area (Å²) in [6.45, 7) is 2.42. The van der Waals surface area contributed by atoms with Crippen LogP contribution in [0.25, 0.3) is 0 Å². The Balaban J connectivity index is 1.78. The van der Waals surface area contributed by atoms with Crippen LogP contribution >= 0.6 is 12.2 Å². The number of hydrogen-bond donors (Lipinski definition) is 3. The van der Waals surface area contributed by atoms with Gasteiger partial charge in [0.05, 0.1) is 19.3 Å². The predicted molar refractivity (Wildman–Crippen MR) is 126 cm³/mol. The molecular weight excluding hydrogens is 430 g/mol. The number of para-hydroxylation sites is 3. The van der Waals surface area contributed by atoms with E-state index in [2.05, 4.69) is 23.1 Å². The third-order valence-electron chi connectivity index (χ3n) is 4.36. The van der Waals surface area contributed by atoms with E-state index in [-0.39, 0.29) is 11.7 Å². The number of unbranched alkanes of at least 4 members (excludes halogenated alkanes) is 3. The van der Waals surface area contributed by atoms with Gasteiger partial charge < -0.3 is 14.2 Å². The van der Waals surface area contributed by atoms with Crippen LogP contribution < -0.4 is 30.4 Å². The Morgan fingerprint density at radius 2 is 1.56 bits per heavy atom. The van der Waals surface area contributed by atoms with Crippen molar-refractivity contribution in [2.75, 3.05) is 20.3 Å². The van der Waals surface area contributed by atoms with Gasteiger partial charge in [-0.2, -0.15) is 0 Å². The molecular formula is C23H29N3O5S. The molecule has 2 aromatic rings. The largest absolute Gasteiger partial charge is 0.493 e. The zero-order chi connectivity index (χ0) is 23.2. The molecule has 2 aromatic carbocycles. The van der Waals surface area contributed by atoms with Crippen LogP contribution in [0.4, 0.5) is 0 Å². The van der Waals surface area contributed by atoms with E-state index in [9.17, 15) is 9.59 Å². The molecule has 3 N–H and O–H groups in total. The van der Waals surface area contributed by atoms with Gasteiger partial charge in [0.1, 0.15) is 5.75 Å². The molecule has 0 unspecified atom stereocenters. The highest BCUT2D eigenvalue weighted by Gasteiger charge is 2.14. The first kappa shape index (κ1) is 24.9. The maximum Gasteiger partial charge on any atom is 0.276 e. The summed E-state index contributed by atoms with van der Waals surface area (Å²) in [5.74, 6) is 0.516. The quantitative estimate of drug-likeness (QED) is 0.269. The van der Waals surface area contributed by atoms with E-state index in [1.165, 1.54) is 7.11 Å². The number of nitrogens with one attached hydrogen (secondary N) is 3. The second-order valence-electron chi connectivity index (χ2n) is 6.80. The van der Waals surface area contributed by atoms with Crippen molar-refractivity contribution in [2.45, 2.75) is 32.6 Å². The van der Waals surface area contributed by atoms with Crippen LogP contribution in [-0.2, 0) is 4.79 Å². The number of carbonyl (C=O) groups excluding carboxylic acids is 2. The summed E-state index contributed by atoms with van der Waals surface area (Å²) in [4.78, 5) is 24.6. The minimum absolute atomic E-state index is 0.0570. The third-order valence-corrected chi connectivity index (χ3v) is 4.56. The minimum atomic E-state index is -0.483. The smallest absolute Gasteiger partial charge is 0.276 e. The summed E-state index contributed by atoms with van der Waals surface area (Å²) in [5.41, 5.74) is 5.21. The van der Waals surface area contributed by atoms with Crippen LogP contribution in [0.5, 0.6) is 17.2 Å². The lowest BCUT2D eigenvalue weighted by Crippen LogP contribution is -2.49. The standard InChI is InChI=1S/C23H29N3O5S/c1-3-4-5-10-15-30-18-12-7-6-11-17(18)22(28)24-23(32)26-25-21(27)16-31-20-14-9-8-13-19(20)29-2/h6-9,11-14H,3-5,10,15-16H2,1-2H3,(H,25,27)(H2,24,26,28,32). The molecule has 0 radical (unpaired) electrons. The van der Waals surface area contributed by atoms with Crippen molar-refractivity contribution in [1.29, 1.82) is 0 Å². The Morgan fingerprint density at radius 1 is 0.875 bits per heavy atom. The lowest BCUT2D eigenvalue weighted by atomic mass is 10.2. The average Bonchev–Trinajstić information content (AvgIpc) is 2.81. The summed E-state index contributed by atoms with van der Waals surface area (Å²) in [6.07, 6.45) is 4.31. The molecule has 0 spiro atoms. The van der Waals surface area contributed by atoms with Gasteiger partial charge in [0, 0.05) is 0 Å². The number of ether oxygens (including phenoxy) is 3. The fourth-order valence-electron chi connectivity index (χ4n) is 2.74. The van der Waals surface area contributed by atoms with Crippen LogP contribution in [0.2, 0.25) is 0 Å². The molecule has 0 atom stereocenters. The first-order chi connectivity index (χ1) is 15.5. The first-order valence-electron chi connectivity index (χ1n) is 10.4. The molecule has 32 heavy (non-hydrogen) atoms. The van der Waals surface area contributed by atoms with Gasteiger partial charge in [0.2, 0.25) is 0 Å². The fourth-order valence-corrected chi connectivity index (χ4v) is 2.88. The topological polar surface area (TPSA) is 97.9 Å². The van der Waals surface area contributed by atoms with E-state index in [0.717, 1.165) is 25.7 Å². The molecule has 2 amide bonds. The highest BCUT2D eigenvalue weighted by molar-refractivity contribution is 7.80. The number of amides is 2. The second-order valence-corrected chi connectivity index (χ2v) is 7.21. The molecule has 0 bridgehead atoms. The maximum absolute atomic E-state index is 12.6. The molecule has 0 aliphatic carbocycles. The number of methoxy groups -OCH3 is 1. The Labute approximate surface area is 193 Å². The van der Waals surface area contributed by atoms with Crippen molar-refractivity contribution in [3.05, 3.63) is 54.1 Å². The van der Waals surface area contributed by atoms with Crippen LogP contribution in [-0.4, -0.2) is 37.3 Å². The minimum Gasteiger partial charge on any atom is -0.493 e. The summed E-state index contributed by atoms with van der Waals surface area (Å²) >= 11 is 5.08. The van der Waals surface area contributed by atoms with Crippen molar-refractivity contribution in [1.82, 2.24) is 16.2 Å². The summed E-state index contributed by atoms with van der Waals surface area (Å²) < 4.78 is 16.3. The van der Waals surface area contributed by atoms with Crippen molar-refractivity contribution in [3.8, 4) is 17.2 Å². The van der Waals surface area contributed by atoms with Gasteiger partial charge in [-0.25, -0.2) is 0 Å². The zero-order valence-electron chi connectivity index (χ0n) is 18.3. The Hall–Kier alpha value is -3.33. The van der Waals surface area contributed by atoms with Crippen LogP contribution in [0, 0.1) is 0 Å². The number of hydrogen-bond acceptors (Lipinski definition) is 6. The molecule has 2 rings (SSSR count). The van der Waals surface area contributed by atoms with Gasteiger partial charge in [0.25, 0.3) is 11.8 Å². The lowest BCUT2D eigenvalue weighted by Gasteiger charge is -2.14. The maximum atomic E-state index is 12.6. The summed E-state index contributed by atoms with van der Waals surface area (Å²) in [6, 6.07) is 13.9. The monoisotopic (exact) mass is 459 g/mol. The van der Waals surface area contributed by atoms with Crippen molar-refractivity contribution in [2.24, 2.45) is 0 Å². The summed E-state index contributed by atoms with van der Waals surface area (Å²) in [7, 11) is 1.51. The van der Waals surface area contributed by atoms with Gasteiger partial charge in [-0.3, -0.25) is 25.8 Å². The SMILES string of the molecule is CCCCCCOc1ccccc1C(=O)NC(=S)NNC(=O)COc1ccccc1OC. The second kappa shape index (κ2) is 13.9. The molecule has 0 saturated heterocycles. The molecule has 0 aromatic heterocycles. The molecule has 0 aliphatic heterocycles. The Bertz CT molecular complexity index is 907. The zero-order valence-corrected chi connectivity index (χ0v) is 19.1. The number of benzene rings is 2. The highest BCUT2D eigenvalue weighted by atomic mass is 32.1. The van der Waals surface area contributed by atoms with Crippen molar-refractivity contribution < 1.29 is 23.8 Å². The van der Waals surface area contributed by atoms with E-state index >= 15 is 0 Å². The van der Waals surface area contributed by atoms with E-state index < -0.39 is 11.8 Å². The molecule has 0 saturated carbocycles. The first-order valence-corrected chi connectivity index (χ1v) is 10.8. The normalized spacial score (nSPS) is 10.1. The van der Waals surface area contributed by atoms with Crippen LogP contribution in [0.15, 0.2) is 48.5 Å². The highest BCUT2D eigenvalue weighted by Crippen LogP contribution is 2.25. The molecule has 0 aliphatic rings. The van der Waals surface area contributed by atoms with Crippen molar-refractivity contribution in [3.63, 3.8) is 0 Å².